The molecular weight excluding hydrogens is 401 g/mol. The molecule has 1 aliphatic heterocycles. The molecule has 1 saturated heterocycles. The Morgan fingerprint density at radius 3 is 3.00 bits per heavy atom. The van der Waals surface area contributed by atoms with Crippen molar-refractivity contribution in [3.05, 3.63) is 57.9 Å². The van der Waals surface area contributed by atoms with Crippen molar-refractivity contribution >= 4 is 27.7 Å². The molecule has 2 aromatic rings. The second-order valence-electron chi connectivity index (χ2n) is 6.40. The van der Waals surface area contributed by atoms with Crippen LogP contribution in [0.5, 0.6) is 0 Å². The van der Waals surface area contributed by atoms with Crippen LogP contribution in [0.2, 0.25) is 0 Å². The van der Waals surface area contributed by atoms with Crippen molar-refractivity contribution in [2.45, 2.75) is 38.8 Å². The summed E-state index contributed by atoms with van der Waals surface area (Å²) in [5.74, 6) is 0.142. The second-order valence-corrected chi connectivity index (χ2v) is 7.25. The number of hydroxylamine groups is 1. The molecule has 26 heavy (non-hydrogen) atoms. The number of aromatic nitrogens is 1. The Bertz CT molecular complexity index is 787. The van der Waals surface area contributed by atoms with Crippen LogP contribution in [-0.2, 0) is 11.4 Å². The first kappa shape index (κ1) is 18.8. The van der Waals surface area contributed by atoms with Crippen molar-refractivity contribution in [3.8, 4) is 0 Å². The number of carbonyl (C=O) groups is 1. The van der Waals surface area contributed by atoms with Crippen LogP contribution in [-0.4, -0.2) is 23.5 Å². The molecule has 1 fully saturated rings. The van der Waals surface area contributed by atoms with Gasteiger partial charge in [0.2, 0.25) is 0 Å². The summed E-state index contributed by atoms with van der Waals surface area (Å²) in [6, 6.07) is 8.17. The van der Waals surface area contributed by atoms with Crippen LogP contribution < -0.4 is 10.4 Å². The number of halogens is 2. The number of pyridine rings is 1. The Morgan fingerprint density at radius 1 is 1.38 bits per heavy atom. The van der Waals surface area contributed by atoms with Gasteiger partial charge in [0, 0.05) is 28.8 Å². The zero-order valence-electron chi connectivity index (χ0n) is 14.5. The number of hydrogen-bond donors (Lipinski definition) is 1. The summed E-state index contributed by atoms with van der Waals surface area (Å²) in [5.41, 5.74) is 3.66. The lowest BCUT2D eigenvalue weighted by atomic mass is 10.0. The summed E-state index contributed by atoms with van der Waals surface area (Å²) < 4.78 is 13.7. The summed E-state index contributed by atoms with van der Waals surface area (Å²) in [7, 11) is 0. The molecule has 7 heteroatoms. The molecule has 0 unspecified atom stereocenters. The van der Waals surface area contributed by atoms with Crippen LogP contribution in [0.4, 0.5) is 10.2 Å². The number of nitrogens with one attached hydrogen (secondary N) is 1. The average molecular weight is 422 g/mol. The first-order valence-corrected chi connectivity index (χ1v) is 9.42. The van der Waals surface area contributed by atoms with Gasteiger partial charge < -0.3 is 4.90 Å². The summed E-state index contributed by atoms with van der Waals surface area (Å²) in [6.45, 7) is 3.26. The maximum absolute atomic E-state index is 13.1. The third-order valence-corrected chi connectivity index (χ3v) is 5.25. The van der Waals surface area contributed by atoms with Crippen molar-refractivity contribution in [2.75, 3.05) is 11.4 Å². The third kappa shape index (κ3) is 4.59. The third-order valence-electron chi connectivity index (χ3n) is 4.51. The van der Waals surface area contributed by atoms with Crippen LogP contribution >= 0.6 is 15.9 Å². The molecule has 138 valence electrons. The standard InChI is InChI=1S/C19H21BrFN3O2/c1-13-4-2-3-9-24(13)18-10-14(7-8-22-18)19(25)23-26-12-15-5-6-16(21)11-17(15)20/h5-8,10-11,13H,2-4,9,12H2,1H3,(H,23,25)/t13-/m0/s1. The molecule has 0 spiro atoms. The zero-order chi connectivity index (χ0) is 18.5. The monoisotopic (exact) mass is 421 g/mol. The highest BCUT2D eigenvalue weighted by molar-refractivity contribution is 9.10. The van der Waals surface area contributed by atoms with E-state index in [0.717, 1.165) is 30.8 Å². The largest absolute Gasteiger partial charge is 0.354 e. The van der Waals surface area contributed by atoms with Gasteiger partial charge in [-0.3, -0.25) is 9.63 Å². The normalized spacial score (nSPS) is 17.2. The summed E-state index contributed by atoms with van der Waals surface area (Å²) >= 11 is 3.27. The van der Waals surface area contributed by atoms with Gasteiger partial charge in [0.1, 0.15) is 18.2 Å². The van der Waals surface area contributed by atoms with E-state index >= 15 is 0 Å². The lowest BCUT2D eigenvalue weighted by molar-refractivity contribution is 0.0231. The Kier molecular flexibility index (Phi) is 6.21. The molecule has 2 heterocycles. The number of amides is 1. The lowest BCUT2D eigenvalue weighted by Crippen LogP contribution is -2.38. The number of benzene rings is 1. The molecule has 1 atom stereocenters. The van der Waals surface area contributed by atoms with Crippen LogP contribution in [0.1, 0.15) is 42.1 Å². The van der Waals surface area contributed by atoms with E-state index in [1.165, 1.54) is 18.6 Å². The Balaban J connectivity index is 1.60. The second kappa shape index (κ2) is 8.60. The van der Waals surface area contributed by atoms with Crippen molar-refractivity contribution in [2.24, 2.45) is 0 Å². The molecule has 0 saturated carbocycles. The highest BCUT2D eigenvalue weighted by atomic mass is 79.9. The molecule has 5 nitrogen and oxygen atoms in total. The van der Waals surface area contributed by atoms with Crippen LogP contribution in [0.25, 0.3) is 0 Å². The Hall–Kier alpha value is -1.99. The van der Waals surface area contributed by atoms with E-state index in [1.54, 1.807) is 24.4 Å². The van der Waals surface area contributed by atoms with E-state index in [9.17, 15) is 9.18 Å². The smallest absolute Gasteiger partial charge is 0.275 e. The topological polar surface area (TPSA) is 54.5 Å². The van der Waals surface area contributed by atoms with E-state index in [1.807, 2.05) is 0 Å². The van der Waals surface area contributed by atoms with Crippen molar-refractivity contribution in [1.82, 2.24) is 10.5 Å². The molecule has 1 aromatic heterocycles. The lowest BCUT2D eigenvalue weighted by Gasteiger charge is -2.34. The van der Waals surface area contributed by atoms with Gasteiger partial charge in [0.15, 0.2) is 0 Å². The van der Waals surface area contributed by atoms with Crippen LogP contribution in [0, 0.1) is 5.82 Å². The molecule has 1 aromatic carbocycles. The minimum absolute atomic E-state index is 0.133. The van der Waals surface area contributed by atoms with E-state index in [0.29, 0.717) is 16.1 Å². The highest BCUT2D eigenvalue weighted by Crippen LogP contribution is 2.23. The maximum atomic E-state index is 13.1. The SMILES string of the molecule is C[C@H]1CCCCN1c1cc(C(=O)NOCc2ccc(F)cc2Br)ccn1. The number of piperidine rings is 1. The van der Waals surface area contributed by atoms with E-state index in [-0.39, 0.29) is 18.3 Å². The molecule has 0 aliphatic carbocycles. The summed E-state index contributed by atoms with van der Waals surface area (Å²) in [4.78, 5) is 24.3. The number of nitrogens with zero attached hydrogens (tertiary/aromatic N) is 2. The van der Waals surface area contributed by atoms with E-state index < -0.39 is 0 Å². The fourth-order valence-electron chi connectivity index (χ4n) is 3.03. The minimum atomic E-state index is -0.337. The Morgan fingerprint density at radius 2 is 2.23 bits per heavy atom. The van der Waals surface area contributed by atoms with Gasteiger partial charge in [-0.05, 0) is 56.0 Å². The highest BCUT2D eigenvalue weighted by Gasteiger charge is 2.20. The number of carbonyl (C=O) groups excluding carboxylic acids is 1. The number of hydrogen-bond acceptors (Lipinski definition) is 4. The molecule has 3 rings (SSSR count). The van der Waals surface area contributed by atoms with Crippen molar-refractivity contribution in [1.29, 1.82) is 0 Å². The summed E-state index contributed by atoms with van der Waals surface area (Å²) in [5, 5.41) is 0. The quantitative estimate of drug-likeness (QED) is 0.734. The molecule has 0 radical (unpaired) electrons. The number of rotatable bonds is 5. The predicted octanol–water partition coefficient (Wildman–Crippen LogP) is 4.22. The van der Waals surface area contributed by atoms with Gasteiger partial charge >= 0.3 is 0 Å². The molecule has 1 amide bonds. The van der Waals surface area contributed by atoms with Crippen molar-refractivity contribution < 1.29 is 14.0 Å². The van der Waals surface area contributed by atoms with Gasteiger partial charge in [-0.2, -0.15) is 0 Å². The van der Waals surface area contributed by atoms with Crippen LogP contribution in [0.15, 0.2) is 41.0 Å². The molecule has 1 N–H and O–H groups in total. The van der Waals surface area contributed by atoms with Gasteiger partial charge in [0.05, 0.1) is 0 Å². The van der Waals surface area contributed by atoms with Gasteiger partial charge in [-0.1, -0.05) is 22.0 Å². The Labute approximate surface area is 160 Å². The summed E-state index contributed by atoms with van der Waals surface area (Å²) in [6.07, 6.45) is 5.14. The first-order valence-electron chi connectivity index (χ1n) is 8.63. The maximum Gasteiger partial charge on any atom is 0.275 e. The predicted molar refractivity (Wildman–Crippen MR) is 101 cm³/mol. The van der Waals surface area contributed by atoms with E-state index in [4.69, 9.17) is 4.84 Å². The minimum Gasteiger partial charge on any atom is -0.354 e. The fourth-order valence-corrected chi connectivity index (χ4v) is 3.50. The fraction of sp³-hybridized carbons (Fsp3) is 0.368. The number of anilines is 1. The van der Waals surface area contributed by atoms with Gasteiger partial charge in [-0.15, -0.1) is 0 Å². The van der Waals surface area contributed by atoms with Gasteiger partial charge in [-0.25, -0.2) is 14.9 Å². The molecule has 1 aliphatic rings. The van der Waals surface area contributed by atoms with Gasteiger partial charge in [0.25, 0.3) is 5.91 Å². The molecule has 0 bridgehead atoms. The van der Waals surface area contributed by atoms with E-state index in [2.05, 4.69) is 38.2 Å². The molecular formula is C19H21BrFN3O2. The van der Waals surface area contributed by atoms with Crippen LogP contribution in [0.3, 0.4) is 0 Å². The first-order chi connectivity index (χ1) is 12.5. The average Bonchev–Trinajstić information content (AvgIpc) is 2.64. The van der Waals surface area contributed by atoms with Crippen molar-refractivity contribution in [3.63, 3.8) is 0 Å². The zero-order valence-corrected chi connectivity index (χ0v) is 16.1.